The molecule has 1 atom stereocenters. The highest BCUT2D eigenvalue weighted by Gasteiger charge is 2.33. The van der Waals surface area contributed by atoms with Crippen LogP contribution >= 0.6 is 0 Å². The molecule has 11 heteroatoms. The van der Waals surface area contributed by atoms with E-state index in [9.17, 15) is 24.0 Å². The molecule has 1 saturated heterocycles. The number of benzene rings is 1. The molecule has 0 spiro atoms. The van der Waals surface area contributed by atoms with Crippen molar-refractivity contribution in [1.29, 1.82) is 0 Å². The Hall–Kier alpha value is -3.31. The second-order valence-corrected chi connectivity index (χ2v) is 10.1. The number of carbonyl (C=O) groups excluding carboxylic acids is 5. The summed E-state index contributed by atoms with van der Waals surface area (Å²) in [5, 5.41) is 2.25. The highest BCUT2D eigenvalue weighted by Crippen LogP contribution is 2.21. The lowest BCUT2D eigenvalue weighted by atomic mass is 9.95. The molecule has 0 bridgehead atoms. The van der Waals surface area contributed by atoms with E-state index >= 15 is 0 Å². The van der Waals surface area contributed by atoms with Crippen LogP contribution in [0.25, 0.3) is 0 Å². The number of nitrogens with one attached hydrogen (secondary N) is 1. The number of hydrogen-bond donors (Lipinski definition) is 1. The van der Waals surface area contributed by atoms with Gasteiger partial charge < -0.3 is 24.0 Å². The highest BCUT2D eigenvalue weighted by atomic mass is 16.6. The molecular weight excluding hydrogens is 494 g/mol. The summed E-state index contributed by atoms with van der Waals surface area (Å²) in [6.45, 7) is 7.33. The number of ether oxygens (including phenoxy) is 3. The van der Waals surface area contributed by atoms with E-state index in [0.29, 0.717) is 57.7 Å². The zero-order valence-electron chi connectivity index (χ0n) is 22.9. The molecule has 1 fully saturated rings. The highest BCUT2D eigenvalue weighted by molar-refractivity contribution is 6.06. The molecule has 4 amide bonds. The van der Waals surface area contributed by atoms with Crippen LogP contribution in [0.5, 0.6) is 0 Å². The van der Waals surface area contributed by atoms with E-state index in [1.807, 2.05) is 20.8 Å². The Morgan fingerprint density at radius 1 is 1.08 bits per heavy atom. The van der Waals surface area contributed by atoms with Gasteiger partial charge in [-0.3, -0.25) is 24.5 Å². The van der Waals surface area contributed by atoms with Crippen molar-refractivity contribution in [2.24, 2.45) is 0 Å². The van der Waals surface area contributed by atoms with E-state index in [2.05, 4.69) is 5.32 Å². The molecule has 0 aromatic heterocycles. The van der Waals surface area contributed by atoms with E-state index in [4.69, 9.17) is 14.2 Å². The number of hydrogen-bond acceptors (Lipinski definition) is 8. The van der Waals surface area contributed by atoms with Gasteiger partial charge in [-0.15, -0.1) is 0 Å². The molecule has 1 aromatic rings. The Balaban J connectivity index is 1.78. The molecule has 210 valence electrons. The van der Waals surface area contributed by atoms with Gasteiger partial charge in [-0.1, -0.05) is 18.2 Å². The molecule has 1 heterocycles. The fraction of sp³-hybridized carbons (Fsp3) is 0.593. The number of imide groups is 1. The number of carbonyl (C=O) groups is 5. The van der Waals surface area contributed by atoms with Crippen molar-refractivity contribution < 1.29 is 38.2 Å². The van der Waals surface area contributed by atoms with Crippen LogP contribution in [0.1, 0.15) is 66.3 Å². The second-order valence-electron chi connectivity index (χ2n) is 10.1. The van der Waals surface area contributed by atoms with Gasteiger partial charge in [0.25, 0.3) is 5.91 Å². The van der Waals surface area contributed by atoms with Crippen LogP contribution in [0, 0.1) is 0 Å². The lowest BCUT2D eigenvalue weighted by molar-refractivity contribution is -0.136. The quantitative estimate of drug-likeness (QED) is 0.232. The summed E-state index contributed by atoms with van der Waals surface area (Å²) in [5.74, 6) is -1.32. The number of rotatable bonds is 13. The first-order valence-electron chi connectivity index (χ1n) is 12.7. The van der Waals surface area contributed by atoms with Gasteiger partial charge in [-0.25, -0.2) is 4.79 Å². The van der Waals surface area contributed by atoms with Crippen molar-refractivity contribution in [2.45, 2.75) is 58.1 Å². The summed E-state index contributed by atoms with van der Waals surface area (Å²) >= 11 is 0. The first-order chi connectivity index (χ1) is 17.9. The van der Waals surface area contributed by atoms with Crippen LogP contribution in [-0.4, -0.2) is 98.6 Å². The van der Waals surface area contributed by atoms with Crippen LogP contribution in [0.4, 0.5) is 4.79 Å². The number of piperidine rings is 1. The van der Waals surface area contributed by atoms with E-state index in [-0.39, 0.29) is 29.9 Å². The van der Waals surface area contributed by atoms with Crippen LogP contribution in [0.3, 0.4) is 0 Å². The van der Waals surface area contributed by atoms with Crippen molar-refractivity contribution in [3.05, 3.63) is 34.9 Å². The molecule has 38 heavy (non-hydrogen) atoms. The first kappa shape index (κ1) is 30.9. The standard InChI is InChI=1S/C27H39N3O8/c1-27(2,3)38-26(35)29(4)13-15-37-17-16-36-14-7-10-19-8-6-9-20(18-31)23(19)25(34)30(5)21-11-12-22(32)28-24(21)33/h6,8-9,18,21H,7,10-17H2,1-5H3,(H,28,32,33). The third-order valence-corrected chi connectivity index (χ3v) is 5.90. The van der Waals surface area contributed by atoms with Crippen molar-refractivity contribution in [3.8, 4) is 0 Å². The van der Waals surface area contributed by atoms with Crippen molar-refractivity contribution in [3.63, 3.8) is 0 Å². The zero-order valence-corrected chi connectivity index (χ0v) is 22.9. The van der Waals surface area contributed by atoms with Crippen LogP contribution in [0.2, 0.25) is 0 Å². The van der Waals surface area contributed by atoms with Crippen LogP contribution in [0.15, 0.2) is 18.2 Å². The van der Waals surface area contributed by atoms with Gasteiger partial charge in [-0.05, 0) is 45.6 Å². The van der Waals surface area contributed by atoms with Crippen molar-refractivity contribution in [2.75, 3.05) is 47.1 Å². The Morgan fingerprint density at radius 2 is 1.76 bits per heavy atom. The smallest absolute Gasteiger partial charge is 0.410 e. The minimum absolute atomic E-state index is 0.151. The lowest BCUT2D eigenvalue weighted by Gasteiger charge is -2.30. The molecule has 1 unspecified atom stereocenters. The van der Waals surface area contributed by atoms with Gasteiger partial charge >= 0.3 is 6.09 Å². The molecule has 0 radical (unpaired) electrons. The summed E-state index contributed by atoms with van der Waals surface area (Å²) in [6, 6.07) is 4.28. The Morgan fingerprint density at radius 3 is 2.39 bits per heavy atom. The summed E-state index contributed by atoms with van der Waals surface area (Å²) < 4.78 is 16.4. The number of amides is 4. The maximum absolute atomic E-state index is 13.3. The molecule has 1 aliphatic rings. The average Bonchev–Trinajstić information content (AvgIpc) is 2.85. The SMILES string of the molecule is CN(CCOCCOCCCc1cccc(C=O)c1C(=O)N(C)C1CCC(=O)NC1=O)C(=O)OC(C)(C)C. The van der Waals surface area contributed by atoms with E-state index in [0.717, 1.165) is 0 Å². The first-order valence-corrected chi connectivity index (χ1v) is 12.7. The monoisotopic (exact) mass is 533 g/mol. The van der Waals surface area contributed by atoms with E-state index in [1.54, 1.807) is 25.2 Å². The third-order valence-electron chi connectivity index (χ3n) is 5.90. The Bertz CT molecular complexity index is 1000. The fourth-order valence-electron chi connectivity index (χ4n) is 3.88. The molecule has 1 aliphatic heterocycles. The fourth-order valence-corrected chi connectivity index (χ4v) is 3.88. The van der Waals surface area contributed by atoms with Crippen molar-refractivity contribution >= 4 is 30.1 Å². The van der Waals surface area contributed by atoms with E-state index in [1.165, 1.54) is 16.8 Å². The Kier molecular flexibility index (Phi) is 11.9. The summed E-state index contributed by atoms with van der Waals surface area (Å²) in [4.78, 5) is 63.3. The third kappa shape index (κ3) is 9.53. The minimum Gasteiger partial charge on any atom is -0.444 e. The number of likely N-dealkylation sites (N-methyl/N-ethyl adjacent to an activating group) is 2. The predicted octanol–water partition coefficient (Wildman–Crippen LogP) is 2.21. The summed E-state index contributed by atoms with van der Waals surface area (Å²) in [7, 11) is 3.15. The predicted molar refractivity (Wildman–Crippen MR) is 139 cm³/mol. The maximum atomic E-state index is 13.3. The van der Waals surface area contributed by atoms with E-state index < -0.39 is 29.6 Å². The zero-order chi connectivity index (χ0) is 28.3. The maximum Gasteiger partial charge on any atom is 0.410 e. The van der Waals surface area contributed by atoms with Crippen LogP contribution in [-0.2, 0) is 30.2 Å². The number of aryl methyl sites for hydroxylation is 1. The molecule has 0 aliphatic carbocycles. The second kappa shape index (κ2) is 14.6. The largest absolute Gasteiger partial charge is 0.444 e. The number of nitrogens with zero attached hydrogens (tertiary/aromatic N) is 2. The van der Waals surface area contributed by atoms with Crippen LogP contribution < -0.4 is 5.32 Å². The molecule has 1 aromatic carbocycles. The van der Waals surface area contributed by atoms with Gasteiger partial charge in [0.05, 0.1) is 25.4 Å². The molecular formula is C27H39N3O8. The topological polar surface area (TPSA) is 132 Å². The van der Waals surface area contributed by atoms with Gasteiger partial charge in [0.2, 0.25) is 11.8 Å². The molecule has 0 saturated carbocycles. The van der Waals surface area contributed by atoms with Gasteiger partial charge in [0, 0.05) is 39.2 Å². The minimum atomic E-state index is -0.778. The molecule has 1 N–H and O–H groups in total. The van der Waals surface area contributed by atoms with Gasteiger partial charge in [0.1, 0.15) is 11.6 Å². The molecule has 11 nitrogen and oxygen atoms in total. The normalized spacial score (nSPS) is 15.6. The van der Waals surface area contributed by atoms with Crippen molar-refractivity contribution in [1.82, 2.24) is 15.1 Å². The average molecular weight is 534 g/mol. The molecule has 2 rings (SSSR count). The van der Waals surface area contributed by atoms with Gasteiger partial charge in [-0.2, -0.15) is 0 Å². The number of aldehydes is 1. The summed E-state index contributed by atoms with van der Waals surface area (Å²) in [6.07, 6.45) is 1.70. The Labute approximate surface area is 223 Å². The lowest BCUT2D eigenvalue weighted by Crippen LogP contribution is -2.53. The van der Waals surface area contributed by atoms with Gasteiger partial charge in [0.15, 0.2) is 6.29 Å². The summed E-state index contributed by atoms with van der Waals surface area (Å²) in [5.41, 5.74) is 0.639.